The maximum absolute atomic E-state index is 13.5. The summed E-state index contributed by atoms with van der Waals surface area (Å²) in [6.45, 7) is 0. The molecule has 2 N–H and O–H groups in total. The molecule has 1 heterocycles. The highest BCUT2D eigenvalue weighted by Crippen LogP contribution is 2.23. The molecular formula is C8H3BrF2N2OS. The van der Waals surface area contributed by atoms with E-state index in [-0.39, 0.29) is 20.1 Å². The molecule has 0 amide bonds. The third-order valence-corrected chi connectivity index (χ3v) is 2.65. The molecule has 0 unspecified atom stereocenters. The van der Waals surface area contributed by atoms with Crippen molar-refractivity contribution in [2.45, 2.75) is 0 Å². The zero-order valence-corrected chi connectivity index (χ0v) is 9.43. The molecule has 1 aromatic heterocycles. The molecule has 0 bridgehead atoms. The highest BCUT2D eigenvalue weighted by Gasteiger charge is 2.13. The van der Waals surface area contributed by atoms with E-state index in [0.717, 1.165) is 6.07 Å². The first kappa shape index (κ1) is 10.4. The third kappa shape index (κ3) is 1.61. The van der Waals surface area contributed by atoms with E-state index >= 15 is 0 Å². The second-order valence-electron chi connectivity index (χ2n) is 2.81. The first-order valence-corrected chi connectivity index (χ1v) is 5.00. The van der Waals surface area contributed by atoms with Crippen molar-refractivity contribution in [1.29, 1.82) is 0 Å². The van der Waals surface area contributed by atoms with Gasteiger partial charge in [0.05, 0.1) is 9.99 Å². The predicted molar refractivity (Wildman–Crippen MR) is 57.4 cm³/mol. The average molecular weight is 293 g/mol. The van der Waals surface area contributed by atoms with Crippen LogP contribution in [0.4, 0.5) is 8.78 Å². The summed E-state index contributed by atoms with van der Waals surface area (Å²) in [4.78, 5) is 15.9. The van der Waals surface area contributed by atoms with Crippen LogP contribution in [-0.4, -0.2) is 9.97 Å². The lowest BCUT2D eigenvalue weighted by atomic mass is 10.2. The average Bonchev–Trinajstić information content (AvgIpc) is 2.12. The van der Waals surface area contributed by atoms with Gasteiger partial charge in [-0.15, -0.1) is 0 Å². The van der Waals surface area contributed by atoms with Gasteiger partial charge in [-0.05, 0) is 34.2 Å². The van der Waals surface area contributed by atoms with Crippen molar-refractivity contribution in [2.75, 3.05) is 0 Å². The van der Waals surface area contributed by atoms with Crippen LogP contribution in [0.25, 0.3) is 10.9 Å². The van der Waals surface area contributed by atoms with E-state index in [0.29, 0.717) is 0 Å². The number of aromatic nitrogens is 2. The van der Waals surface area contributed by atoms with Gasteiger partial charge >= 0.3 is 0 Å². The summed E-state index contributed by atoms with van der Waals surface area (Å²) in [5.41, 5.74) is -0.992. The Kier molecular flexibility index (Phi) is 2.43. The third-order valence-electron chi connectivity index (χ3n) is 1.86. The van der Waals surface area contributed by atoms with Crippen LogP contribution in [0.15, 0.2) is 15.3 Å². The molecule has 3 nitrogen and oxygen atoms in total. The second kappa shape index (κ2) is 3.49. The van der Waals surface area contributed by atoms with E-state index < -0.39 is 17.2 Å². The highest BCUT2D eigenvalue weighted by atomic mass is 79.9. The van der Waals surface area contributed by atoms with Crippen LogP contribution in [0, 0.1) is 16.4 Å². The molecular weight excluding hydrogens is 290 g/mol. The number of hydrogen-bond acceptors (Lipinski definition) is 2. The van der Waals surface area contributed by atoms with Crippen molar-refractivity contribution >= 4 is 39.1 Å². The summed E-state index contributed by atoms with van der Waals surface area (Å²) >= 11 is 7.49. The fraction of sp³-hybridized carbons (Fsp3) is 0. The summed E-state index contributed by atoms with van der Waals surface area (Å²) in [7, 11) is 0. The van der Waals surface area contributed by atoms with Gasteiger partial charge in [0.15, 0.2) is 10.6 Å². The molecule has 0 aliphatic heterocycles. The zero-order valence-electron chi connectivity index (χ0n) is 7.03. The van der Waals surface area contributed by atoms with Crippen LogP contribution in [0.2, 0.25) is 0 Å². The fourth-order valence-electron chi connectivity index (χ4n) is 1.25. The minimum atomic E-state index is -0.814. The van der Waals surface area contributed by atoms with E-state index in [4.69, 9.17) is 0 Å². The normalized spacial score (nSPS) is 10.9. The quantitative estimate of drug-likeness (QED) is 0.579. The number of hydrogen-bond donors (Lipinski definition) is 2. The monoisotopic (exact) mass is 292 g/mol. The van der Waals surface area contributed by atoms with Crippen LogP contribution < -0.4 is 5.56 Å². The van der Waals surface area contributed by atoms with E-state index in [1.807, 2.05) is 0 Å². The molecule has 2 aromatic rings. The number of nitrogens with one attached hydrogen (secondary N) is 2. The number of rotatable bonds is 0. The van der Waals surface area contributed by atoms with Gasteiger partial charge in [-0.1, -0.05) is 0 Å². The Bertz CT molecular complexity index is 664. The summed E-state index contributed by atoms with van der Waals surface area (Å²) in [5, 5.41) is -0.371. The smallest absolute Gasteiger partial charge is 0.262 e. The molecule has 15 heavy (non-hydrogen) atoms. The van der Waals surface area contributed by atoms with E-state index in [2.05, 4.69) is 38.1 Å². The largest absolute Gasteiger partial charge is 0.329 e. The van der Waals surface area contributed by atoms with Crippen molar-refractivity contribution in [2.24, 2.45) is 0 Å². The van der Waals surface area contributed by atoms with Gasteiger partial charge in [0.1, 0.15) is 11.2 Å². The lowest BCUT2D eigenvalue weighted by Gasteiger charge is -2.02. The minimum absolute atomic E-state index is 0.0519. The van der Waals surface area contributed by atoms with Crippen molar-refractivity contribution in [3.05, 3.63) is 37.3 Å². The molecule has 0 saturated heterocycles. The van der Waals surface area contributed by atoms with Gasteiger partial charge < -0.3 is 4.98 Å². The lowest BCUT2D eigenvalue weighted by Crippen LogP contribution is -2.10. The Hall–Kier alpha value is -1.08. The number of fused-ring (bicyclic) bond motifs is 1. The van der Waals surface area contributed by atoms with E-state index in [9.17, 15) is 13.6 Å². The topological polar surface area (TPSA) is 48.6 Å². The standard InChI is InChI=1S/C8H3BrF2N2OS/c9-2-1-3(10)4-6(5(2)11)12-8(15)13-7(4)14/h1H,(H2,12,13,14,15). The zero-order chi connectivity index (χ0) is 11.2. The van der Waals surface area contributed by atoms with Crippen molar-refractivity contribution in [3.63, 3.8) is 0 Å². The maximum atomic E-state index is 13.5. The summed E-state index contributed by atoms with van der Waals surface area (Å²) < 4.78 is 26.7. The van der Waals surface area contributed by atoms with Gasteiger partial charge in [-0.2, -0.15) is 0 Å². The maximum Gasteiger partial charge on any atom is 0.262 e. The summed E-state index contributed by atoms with van der Waals surface area (Å²) in [6, 6.07) is 0.893. The predicted octanol–water partition coefficient (Wildman–Crippen LogP) is 2.63. The lowest BCUT2D eigenvalue weighted by molar-refractivity contribution is 0.608. The van der Waals surface area contributed by atoms with Crippen LogP contribution in [0.1, 0.15) is 0 Å². The van der Waals surface area contributed by atoms with Crippen LogP contribution in [-0.2, 0) is 0 Å². The minimum Gasteiger partial charge on any atom is -0.329 e. The Morgan fingerprint density at radius 3 is 2.67 bits per heavy atom. The SMILES string of the molecule is O=c1[nH]c(=S)[nH]c2c(F)c(Br)cc(F)c12. The molecule has 1 aromatic carbocycles. The molecule has 0 radical (unpaired) electrons. The van der Waals surface area contributed by atoms with Gasteiger partial charge in [0.25, 0.3) is 5.56 Å². The molecule has 0 atom stereocenters. The Morgan fingerprint density at radius 2 is 2.00 bits per heavy atom. The van der Waals surface area contributed by atoms with Crippen LogP contribution >= 0.6 is 28.1 Å². The van der Waals surface area contributed by atoms with Gasteiger partial charge in [0.2, 0.25) is 0 Å². The molecule has 0 fully saturated rings. The Balaban J connectivity index is 3.17. The number of aromatic amines is 2. The highest BCUT2D eigenvalue weighted by molar-refractivity contribution is 9.10. The molecule has 0 spiro atoms. The van der Waals surface area contributed by atoms with Crippen LogP contribution in [0.5, 0.6) is 0 Å². The second-order valence-corrected chi connectivity index (χ2v) is 4.08. The summed E-state index contributed by atoms with van der Waals surface area (Å²) in [5.74, 6) is -1.56. The van der Waals surface area contributed by atoms with E-state index in [1.165, 1.54) is 0 Å². The Morgan fingerprint density at radius 1 is 1.33 bits per heavy atom. The molecule has 2 rings (SSSR count). The summed E-state index contributed by atoms with van der Waals surface area (Å²) in [6.07, 6.45) is 0. The van der Waals surface area contributed by atoms with Gasteiger partial charge in [-0.3, -0.25) is 9.78 Å². The molecule has 0 saturated carbocycles. The number of halogens is 3. The van der Waals surface area contributed by atoms with Crippen molar-refractivity contribution < 1.29 is 8.78 Å². The molecule has 78 valence electrons. The van der Waals surface area contributed by atoms with Crippen molar-refractivity contribution in [1.82, 2.24) is 9.97 Å². The molecule has 7 heteroatoms. The molecule has 0 aliphatic carbocycles. The van der Waals surface area contributed by atoms with Crippen molar-refractivity contribution in [3.8, 4) is 0 Å². The Labute approximate surface area is 95.3 Å². The van der Waals surface area contributed by atoms with Crippen LogP contribution in [0.3, 0.4) is 0 Å². The molecule has 0 aliphatic rings. The van der Waals surface area contributed by atoms with E-state index in [1.54, 1.807) is 0 Å². The van der Waals surface area contributed by atoms with Gasteiger partial charge in [0, 0.05) is 0 Å². The fourth-order valence-corrected chi connectivity index (χ4v) is 1.84. The van der Waals surface area contributed by atoms with Gasteiger partial charge in [-0.25, -0.2) is 8.78 Å². The number of H-pyrrole nitrogens is 2. The first-order valence-electron chi connectivity index (χ1n) is 3.80. The first-order chi connectivity index (χ1) is 7.00. The number of benzene rings is 1.